The number of esters is 1. The minimum atomic E-state index is -0.669. The van der Waals surface area contributed by atoms with Gasteiger partial charge in [0.1, 0.15) is 0 Å². The lowest BCUT2D eigenvalue weighted by Crippen LogP contribution is -2.28. The van der Waals surface area contributed by atoms with Crippen molar-refractivity contribution >= 4 is 23.5 Å². The smallest absolute Gasteiger partial charge is 0.338 e. The SMILES string of the molecule is CCOc1cc(C(=O)OCC(=O)NCc2cccc(Cl)c2)cc(OCC)c1OCC. The molecule has 0 bridgehead atoms. The molecule has 0 unspecified atom stereocenters. The van der Waals surface area contributed by atoms with E-state index in [1.165, 1.54) is 12.1 Å². The number of ether oxygens (including phenoxy) is 4. The number of benzene rings is 2. The van der Waals surface area contributed by atoms with Crippen molar-refractivity contribution in [3.63, 3.8) is 0 Å². The van der Waals surface area contributed by atoms with E-state index >= 15 is 0 Å². The van der Waals surface area contributed by atoms with E-state index in [0.717, 1.165) is 5.56 Å². The topological polar surface area (TPSA) is 83.1 Å². The summed E-state index contributed by atoms with van der Waals surface area (Å²) in [5.41, 5.74) is 1.05. The van der Waals surface area contributed by atoms with Crippen LogP contribution in [0.15, 0.2) is 36.4 Å². The third kappa shape index (κ3) is 6.84. The van der Waals surface area contributed by atoms with Gasteiger partial charge in [-0.3, -0.25) is 4.79 Å². The molecule has 8 heteroatoms. The highest BCUT2D eigenvalue weighted by molar-refractivity contribution is 6.30. The summed E-state index contributed by atoms with van der Waals surface area (Å²) in [4.78, 5) is 24.5. The van der Waals surface area contributed by atoms with Gasteiger partial charge in [0.15, 0.2) is 18.1 Å². The molecule has 2 aromatic carbocycles. The van der Waals surface area contributed by atoms with Crippen LogP contribution in [0.2, 0.25) is 5.02 Å². The predicted octanol–water partition coefficient (Wildman–Crippen LogP) is 4.01. The molecule has 2 aromatic rings. The first-order valence-electron chi connectivity index (χ1n) is 9.73. The van der Waals surface area contributed by atoms with E-state index in [4.69, 9.17) is 30.5 Å². The van der Waals surface area contributed by atoms with Gasteiger partial charge in [-0.15, -0.1) is 0 Å². The molecule has 0 aromatic heterocycles. The Labute approximate surface area is 181 Å². The Morgan fingerprint density at radius 2 is 1.57 bits per heavy atom. The van der Waals surface area contributed by atoms with Crippen LogP contribution in [-0.2, 0) is 16.1 Å². The Hall–Kier alpha value is -2.93. The van der Waals surface area contributed by atoms with Crippen LogP contribution in [0.1, 0.15) is 36.7 Å². The van der Waals surface area contributed by atoms with E-state index in [9.17, 15) is 9.59 Å². The molecule has 0 heterocycles. The van der Waals surface area contributed by atoms with Crippen molar-refractivity contribution in [3.8, 4) is 17.2 Å². The number of carbonyl (C=O) groups is 2. The molecule has 0 fully saturated rings. The van der Waals surface area contributed by atoms with Crippen LogP contribution in [-0.4, -0.2) is 38.3 Å². The zero-order valence-corrected chi connectivity index (χ0v) is 18.1. The fraction of sp³-hybridized carbons (Fsp3) is 0.364. The molecule has 0 saturated carbocycles. The van der Waals surface area contributed by atoms with Gasteiger partial charge in [0.25, 0.3) is 5.91 Å². The second kappa shape index (κ2) is 11.9. The minimum absolute atomic E-state index is 0.202. The largest absolute Gasteiger partial charge is 0.490 e. The van der Waals surface area contributed by atoms with E-state index < -0.39 is 18.5 Å². The van der Waals surface area contributed by atoms with Gasteiger partial charge in [0, 0.05) is 11.6 Å². The van der Waals surface area contributed by atoms with Crippen LogP contribution in [0.3, 0.4) is 0 Å². The molecule has 0 aliphatic carbocycles. The Balaban J connectivity index is 2.03. The summed E-state index contributed by atoms with van der Waals surface area (Å²) >= 11 is 5.92. The maximum atomic E-state index is 12.5. The normalized spacial score (nSPS) is 10.3. The van der Waals surface area contributed by atoms with Crippen LogP contribution in [0, 0.1) is 0 Å². The Morgan fingerprint density at radius 3 is 2.13 bits per heavy atom. The lowest BCUT2D eigenvalue weighted by Gasteiger charge is -2.16. The monoisotopic (exact) mass is 435 g/mol. The molecule has 0 aliphatic heterocycles. The van der Waals surface area contributed by atoms with Gasteiger partial charge in [-0.2, -0.15) is 0 Å². The Bertz CT molecular complexity index is 843. The summed E-state index contributed by atoms with van der Waals surface area (Å²) in [6.45, 7) is 6.54. The fourth-order valence-corrected chi connectivity index (χ4v) is 2.83. The van der Waals surface area contributed by atoms with E-state index in [-0.39, 0.29) is 12.1 Å². The van der Waals surface area contributed by atoms with Gasteiger partial charge in [0.05, 0.1) is 25.4 Å². The maximum absolute atomic E-state index is 12.5. The molecule has 7 nitrogen and oxygen atoms in total. The molecular formula is C22H26ClNO6. The van der Waals surface area contributed by atoms with Gasteiger partial charge in [-0.1, -0.05) is 23.7 Å². The molecule has 162 valence electrons. The molecule has 2 rings (SSSR count). The van der Waals surface area contributed by atoms with E-state index in [0.29, 0.717) is 42.1 Å². The maximum Gasteiger partial charge on any atom is 0.338 e. The van der Waals surface area contributed by atoms with Crippen molar-refractivity contribution in [2.75, 3.05) is 26.4 Å². The number of hydrogen-bond acceptors (Lipinski definition) is 6. The van der Waals surface area contributed by atoms with Gasteiger partial charge in [-0.25, -0.2) is 4.79 Å². The van der Waals surface area contributed by atoms with Crippen LogP contribution in [0.5, 0.6) is 17.2 Å². The van der Waals surface area contributed by atoms with Gasteiger partial charge < -0.3 is 24.3 Å². The van der Waals surface area contributed by atoms with Crippen LogP contribution >= 0.6 is 11.6 Å². The molecule has 1 amide bonds. The highest BCUT2D eigenvalue weighted by Gasteiger charge is 2.19. The van der Waals surface area contributed by atoms with E-state index in [2.05, 4.69) is 5.32 Å². The van der Waals surface area contributed by atoms with E-state index in [1.807, 2.05) is 26.8 Å². The minimum Gasteiger partial charge on any atom is -0.490 e. The standard InChI is InChI=1S/C22H26ClNO6/c1-4-27-18-11-16(12-19(28-5-2)21(18)29-6-3)22(26)30-14-20(25)24-13-15-8-7-9-17(23)10-15/h7-12H,4-6,13-14H2,1-3H3,(H,24,25). The summed E-state index contributed by atoms with van der Waals surface area (Å²) in [5.74, 6) is 0.0875. The molecule has 0 saturated heterocycles. The average Bonchev–Trinajstić information content (AvgIpc) is 2.73. The molecule has 0 aliphatic rings. The molecular weight excluding hydrogens is 410 g/mol. The zero-order valence-electron chi connectivity index (χ0n) is 17.3. The lowest BCUT2D eigenvalue weighted by atomic mass is 10.2. The molecule has 0 atom stereocenters. The third-order valence-electron chi connectivity index (χ3n) is 3.86. The molecule has 0 spiro atoms. The van der Waals surface area contributed by atoms with Gasteiger partial charge in [0.2, 0.25) is 5.75 Å². The van der Waals surface area contributed by atoms with Crippen molar-refractivity contribution in [3.05, 3.63) is 52.5 Å². The zero-order chi connectivity index (χ0) is 21.9. The summed E-state index contributed by atoms with van der Waals surface area (Å²) in [7, 11) is 0. The molecule has 1 N–H and O–H groups in total. The number of carbonyl (C=O) groups excluding carboxylic acids is 2. The van der Waals surface area contributed by atoms with E-state index in [1.54, 1.807) is 18.2 Å². The first-order chi connectivity index (χ1) is 14.5. The average molecular weight is 436 g/mol. The second-order valence-corrected chi connectivity index (χ2v) is 6.52. The highest BCUT2D eigenvalue weighted by Crippen LogP contribution is 2.39. The highest BCUT2D eigenvalue weighted by atomic mass is 35.5. The number of nitrogens with one attached hydrogen (secondary N) is 1. The summed E-state index contributed by atoms with van der Waals surface area (Å²) < 4.78 is 21.9. The first kappa shape index (κ1) is 23.3. The van der Waals surface area contributed by atoms with Crippen LogP contribution in [0.4, 0.5) is 0 Å². The molecule has 0 radical (unpaired) electrons. The molecule has 30 heavy (non-hydrogen) atoms. The van der Waals surface area contributed by atoms with Gasteiger partial charge in [-0.05, 0) is 50.6 Å². The Kier molecular flexibility index (Phi) is 9.28. The number of hydrogen-bond donors (Lipinski definition) is 1. The first-order valence-corrected chi connectivity index (χ1v) is 10.1. The summed E-state index contributed by atoms with van der Waals surface area (Å²) in [5, 5.41) is 3.26. The predicted molar refractivity (Wildman–Crippen MR) is 114 cm³/mol. The lowest BCUT2D eigenvalue weighted by molar-refractivity contribution is -0.124. The number of amides is 1. The van der Waals surface area contributed by atoms with Crippen molar-refractivity contribution in [2.45, 2.75) is 27.3 Å². The number of halogens is 1. The number of rotatable bonds is 11. The summed E-state index contributed by atoms with van der Waals surface area (Å²) in [6, 6.07) is 10.2. The van der Waals surface area contributed by atoms with Crippen LogP contribution < -0.4 is 19.5 Å². The van der Waals surface area contributed by atoms with Crippen molar-refractivity contribution in [1.82, 2.24) is 5.32 Å². The Morgan fingerprint density at radius 1 is 0.933 bits per heavy atom. The van der Waals surface area contributed by atoms with Crippen LogP contribution in [0.25, 0.3) is 0 Å². The quantitative estimate of drug-likeness (QED) is 0.537. The van der Waals surface area contributed by atoms with Crippen molar-refractivity contribution < 1.29 is 28.5 Å². The summed E-state index contributed by atoms with van der Waals surface area (Å²) in [6.07, 6.45) is 0. The van der Waals surface area contributed by atoms with Gasteiger partial charge >= 0.3 is 5.97 Å². The van der Waals surface area contributed by atoms with Crippen molar-refractivity contribution in [2.24, 2.45) is 0 Å². The van der Waals surface area contributed by atoms with Crippen molar-refractivity contribution in [1.29, 1.82) is 0 Å². The fourth-order valence-electron chi connectivity index (χ4n) is 2.62. The second-order valence-electron chi connectivity index (χ2n) is 6.08. The third-order valence-corrected chi connectivity index (χ3v) is 4.09.